The topological polar surface area (TPSA) is 0 Å². The molecule has 1 heteroatoms. The van der Waals surface area contributed by atoms with E-state index >= 15 is 0 Å². The number of fused-ring (bicyclic) bond motifs is 2. The lowest BCUT2D eigenvalue weighted by molar-refractivity contribution is 0.0550. The van der Waals surface area contributed by atoms with Crippen molar-refractivity contribution in [3.05, 3.63) is 0 Å². The summed E-state index contributed by atoms with van der Waals surface area (Å²) in [7, 11) is 0. The molecule has 3 fully saturated rings. The van der Waals surface area contributed by atoms with Crippen LogP contribution in [0.4, 0.5) is 0 Å². The fourth-order valence-electron chi connectivity index (χ4n) is 4.72. The Morgan fingerprint density at radius 1 is 0.750 bits per heavy atom. The molecular weight excluding hydrogens is 212 g/mol. The first-order valence-electron chi connectivity index (χ1n) is 7.35. The summed E-state index contributed by atoms with van der Waals surface area (Å²) >= 11 is 2.40. The summed E-state index contributed by atoms with van der Waals surface area (Å²) in [6.45, 7) is 5.19. The molecule has 2 saturated carbocycles. The van der Waals surface area contributed by atoms with E-state index in [4.69, 9.17) is 0 Å². The van der Waals surface area contributed by atoms with Gasteiger partial charge in [0.1, 0.15) is 0 Å². The normalized spacial score (nSPS) is 46.9. The summed E-state index contributed by atoms with van der Waals surface area (Å²) in [5, 5.41) is 2.03. The summed E-state index contributed by atoms with van der Waals surface area (Å²) in [5.74, 6) is 2.07. The summed E-state index contributed by atoms with van der Waals surface area (Å²) in [6.07, 6.45) is 12.1. The second-order valence-corrected chi connectivity index (χ2v) is 8.30. The highest BCUT2D eigenvalue weighted by molar-refractivity contribution is 8.00. The Labute approximate surface area is 105 Å². The molecule has 0 bridgehead atoms. The van der Waals surface area contributed by atoms with Crippen molar-refractivity contribution in [2.45, 2.75) is 75.7 Å². The van der Waals surface area contributed by atoms with Gasteiger partial charge in [-0.1, -0.05) is 39.5 Å². The van der Waals surface area contributed by atoms with Gasteiger partial charge in [-0.2, -0.15) is 11.8 Å². The Hall–Kier alpha value is 0.350. The Balaban J connectivity index is 1.85. The second-order valence-electron chi connectivity index (χ2n) is 6.82. The van der Waals surface area contributed by atoms with Crippen molar-refractivity contribution < 1.29 is 0 Å². The molecule has 92 valence electrons. The van der Waals surface area contributed by atoms with Crippen molar-refractivity contribution in [1.29, 1.82) is 0 Å². The van der Waals surface area contributed by atoms with Gasteiger partial charge in [0.25, 0.3) is 0 Å². The van der Waals surface area contributed by atoms with E-state index in [9.17, 15) is 0 Å². The van der Waals surface area contributed by atoms with Gasteiger partial charge < -0.3 is 0 Å². The lowest BCUT2D eigenvalue weighted by atomic mass is 9.60. The minimum absolute atomic E-state index is 0.640. The molecule has 4 atom stereocenters. The molecule has 0 nitrogen and oxygen atoms in total. The van der Waals surface area contributed by atoms with Crippen molar-refractivity contribution in [2.24, 2.45) is 17.3 Å². The molecule has 3 aliphatic rings. The molecule has 0 aromatic rings. The third kappa shape index (κ3) is 1.74. The maximum Gasteiger partial charge on any atom is 0.00834 e. The van der Waals surface area contributed by atoms with Gasteiger partial charge in [-0.25, -0.2) is 0 Å². The van der Waals surface area contributed by atoms with E-state index in [1.54, 1.807) is 0 Å². The summed E-state index contributed by atoms with van der Waals surface area (Å²) in [6, 6.07) is 0. The van der Waals surface area contributed by atoms with Crippen LogP contribution in [0.1, 0.15) is 65.2 Å². The van der Waals surface area contributed by atoms with Crippen LogP contribution in [0.5, 0.6) is 0 Å². The van der Waals surface area contributed by atoms with Crippen molar-refractivity contribution in [3.8, 4) is 0 Å². The molecule has 4 unspecified atom stereocenters. The fourth-order valence-corrected chi connectivity index (χ4v) is 7.13. The minimum Gasteiger partial charge on any atom is -0.155 e. The molecule has 1 saturated heterocycles. The molecule has 0 aromatic carbocycles. The molecule has 3 rings (SSSR count). The molecule has 0 N–H and O–H groups in total. The first kappa shape index (κ1) is 11.4. The summed E-state index contributed by atoms with van der Waals surface area (Å²) < 4.78 is 0. The van der Waals surface area contributed by atoms with Crippen LogP contribution in [0.3, 0.4) is 0 Å². The van der Waals surface area contributed by atoms with Crippen LogP contribution in [0.2, 0.25) is 0 Å². The zero-order chi connectivity index (χ0) is 11.2. The van der Waals surface area contributed by atoms with Crippen molar-refractivity contribution in [2.75, 3.05) is 0 Å². The van der Waals surface area contributed by atoms with Crippen LogP contribution in [0.25, 0.3) is 0 Å². The van der Waals surface area contributed by atoms with Gasteiger partial charge in [-0.3, -0.25) is 0 Å². The van der Waals surface area contributed by atoms with Crippen LogP contribution < -0.4 is 0 Å². The predicted molar refractivity (Wildman–Crippen MR) is 72.9 cm³/mol. The van der Waals surface area contributed by atoms with Crippen molar-refractivity contribution in [1.82, 2.24) is 0 Å². The highest BCUT2D eigenvalue weighted by atomic mass is 32.2. The Morgan fingerprint density at radius 3 is 1.69 bits per heavy atom. The monoisotopic (exact) mass is 238 g/mol. The maximum atomic E-state index is 2.60. The third-order valence-corrected chi connectivity index (χ3v) is 7.49. The van der Waals surface area contributed by atoms with Crippen LogP contribution in [0, 0.1) is 17.3 Å². The molecule has 0 spiro atoms. The minimum atomic E-state index is 0.640. The highest BCUT2D eigenvalue weighted by Gasteiger charge is 2.50. The Kier molecular flexibility index (Phi) is 3.02. The third-order valence-electron chi connectivity index (χ3n) is 5.67. The summed E-state index contributed by atoms with van der Waals surface area (Å²) in [4.78, 5) is 0. The average Bonchev–Trinajstić information content (AvgIpc) is 2.29. The molecule has 0 radical (unpaired) electrons. The lowest BCUT2D eigenvalue weighted by Crippen LogP contribution is -2.50. The Bertz CT molecular complexity index is 234. The zero-order valence-electron chi connectivity index (χ0n) is 10.9. The van der Waals surface area contributed by atoms with E-state index in [-0.39, 0.29) is 0 Å². The van der Waals surface area contributed by atoms with Crippen LogP contribution in [-0.2, 0) is 0 Å². The standard InChI is InChI=1S/C15H26S/c1-15(2)11-7-3-5-9-13(11)16-14-10-6-4-8-12(14)15/h11-14H,3-10H2,1-2H3. The van der Waals surface area contributed by atoms with Gasteiger partial charge >= 0.3 is 0 Å². The van der Waals surface area contributed by atoms with Crippen LogP contribution in [0.15, 0.2) is 0 Å². The highest BCUT2D eigenvalue weighted by Crippen LogP contribution is 2.59. The van der Waals surface area contributed by atoms with E-state index in [1.807, 2.05) is 0 Å². The molecular formula is C15H26S. The van der Waals surface area contributed by atoms with Crippen molar-refractivity contribution >= 4 is 11.8 Å². The first-order valence-corrected chi connectivity index (χ1v) is 8.29. The van der Waals surface area contributed by atoms with Gasteiger partial charge in [-0.05, 0) is 42.9 Å². The molecule has 1 aliphatic heterocycles. The first-order chi connectivity index (χ1) is 7.69. The maximum absolute atomic E-state index is 2.60. The van der Waals surface area contributed by atoms with Crippen LogP contribution in [-0.4, -0.2) is 10.5 Å². The van der Waals surface area contributed by atoms with E-state index in [2.05, 4.69) is 25.6 Å². The number of rotatable bonds is 0. The fraction of sp³-hybridized carbons (Fsp3) is 1.00. The Morgan fingerprint density at radius 2 is 1.19 bits per heavy atom. The average molecular weight is 238 g/mol. The van der Waals surface area contributed by atoms with E-state index in [0.29, 0.717) is 5.41 Å². The molecule has 1 heterocycles. The number of hydrogen-bond donors (Lipinski definition) is 0. The lowest BCUT2D eigenvalue weighted by Gasteiger charge is -2.56. The number of thioether (sulfide) groups is 1. The van der Waals surface area contributed by atoms with E-state index in [0.717, 1.165) is 22.3 Å². The molecule has 0 aromatic heterocycles. The molecule has 2 aliphatic carbocycles. The van der Waals surface area contributed by atoms with Gasteiger partial charge in [0.05, 0.1) is 0 Å². The van der Waals surface area contributed by atoms with Gasteiger partial charge in [-0.15, -0.1) is 0 Å². The van der Waals surface area contributed by atoms with E-state index < -0.39 is 0 Å². The largest absolute Gasteiger partial charge is 0.155 e. The van der Waals surface area contributed by atoms with Gasteiger partial charge in [0.2, 0.25) is 0 Å². The summed E-state index contributed by atoms with van der Waals surface area (Å²) in [5.41, 5.74) is 0.640. The van der Waals surface area contributed by atoms with E-state index in [1.165, 1.54) is 51.4 Å². The molecule has 16 heavy (non-hydrogen) atoms. The quantitative estimate of drug-likeness (QED) is 0.580. The predicted octanol–water partition coefficient (Wildman–Crippen LogP) is 4.88. The SMILES string of the molecule is CC1(C)C2CCCCC2SC2CCCCC21. The number of hydrogen-bond acceptors (Lipinski definition) is 1. The smallest absolute Gasteiger partial charge is 0.00834 e. The zero-order valence-corrected chi connectivity index (χ0v) is 11.7. The van der Waals surface area contributed by atoms with Crippen LogP contribution >= 0.6 is 11.8 Å². The molecule has 0 amide bonds. The van der Waals surface area contributed by atoms with Gasteiger partial charge in [0.15, 0.2) is 0 Å². The van der Waals surface area contributed by atoms with Gasteiger partial charge in [0, 0.05) is 10.5 Å². The van der Waals surface area contributed by atoms with Crippen molar-refractivity contribution in [3.63, 3.8) is 0 Å². The second kappa shape index (κ2) is 4.23.